The number of likely N-dealkylation sites (tertiary alicyclic amines) is 1. The van der Waals surface area contributed by atoms with Crippen LogP contribution in [0.5, 0.6) is 5.75 Å². The van der Waals surface area contributed by atoms with Crippen molar-refractivity contribution >= 4 is 9.84 Å². The van der Waals surface area contributed by atoms with Gasteiger partial charge in [0, 0.05) is 30.8 Å². The fourth-order valence-corrected chi connectivity index (χ4v) is 4.31. The maximum absolute atomic E-state index is 11.5. The summed E-state index contributed by atoms with van der Waals surface area (Å²) in [6.45, 7) is 2.38. The molecule has 1 aliphatic heterocycles. The Morgan fingerprint density at radius 2 is 1.88 bits per heavy atom. The van der Waals surface area contributed by atoms with Crippen LogP contribution in [-0.4, -0.2) is 44.3 Å². The molecule has 2 aromatic rings. The largest absolute Gasteiger partial charge is 0.492 e. The van der Waals surface area contributed by atoms with Crippen LogP contribution in [-0.2, 0) is 9.84 Å². The quantitative estimate of drug-likeness (QED) is 0.751. The zero-order valence-electron chi connectivity index (χ0n) is 14.4. The molecule has 2 fully saturated rings. The van der Waals surface area contributed by atoms with Crippen molar-refractivity contribution in [2.24, 2.45) is 17.8 Å². The number of sulfone groups is 1. The molecule has 2 aliphatic rings. The Labute approximate surface area is 153 Å². The summed E-state index contributed by atoms with van der Waals surface area (Å²) in [5.74, 6) is 2.46. The molecule has 0 amide bonds. The molecule has 1 saturated carbocycles. The average Bonchev–Trinajstić information content (AvgIpc) is 3.09. The molecule has 2 unspecified atom stereocenters. The van der Waals surface area contributed by atoms with Crippen molar-refractivity contribution in [3.63, 3.8) is 0 Å². The average molecular weight is 369 g/mol. The molecule has 0 N–H and O–H groups in total. The zero-order valence-corrected chi connectivity index (χ0v) is 15.2. The monoisotopic (exact) mass is 369 g/mol. The summed E-state index contributed by atoms with van der Waals surface area (Å²) in [5.41, 5.74) is 1.63. The van der Waals surface area contributed by atoms with Gasteiger partial charge in [0.15, 0.2) is 16.0 Å². The Balaban J connectivity index is 1.35. The van der Waals surface area contributed by atoms with Crippen molar-refractivity contribution < 1.29 is 13.2 Å². The molecular formula is C19H19N3O3S. The van der Waals surface area contributed by atoms with Crippen molar-refractivity contribution in [2.45, 2.75) is 4.90 Å². The zero-order chi connectivity index (χ0) is 18.3. The van der Waals surface area contributed by atoms with Crippen LogP contribution >= 0.6 is 0 Å². The molecule has 6 nitrogen and oxygen atoms in total. The summed E-state index contributed by atoms with van der Waals surface area (Å²) in [6.07, 6.45) is 5.09. The van der Waals surface area contributed by atoms with E-state index in [9.17, 15) is 8.42 Å². The van der Waals surface area contributed by atoms with Crippen LogP contribution in [0, 0.1) is 29.2 Å². The molecule has 2 atom stereocenters. The van der Waals surface area contributed by atoms with Gasteiger partial charge in [0.05, 0.1) is 23.4 Å². The summed E-state index contributed by atoms with van der Waals surface area (Å²) in [5, 5.41) is 8.88. The third kappa shape index (κ3) is 3.25. The molecule has 1 saturated heterocycles. The van der Waals surface area contributed by atoms with E-state index in [0.717, 1.165) is 30.1 Å². The minimum Gasteiger partial charge on any atom is -0.492 e. The number of fused-ring (bicyclic) bond motifs is 1. The normalized spacial score (nSPS) is 24.0. The predicted octanol–water partition coefficient (Wildman–Crippen LogP) is 2.19. The van der Waals surface area contributed by atoms with Crippen LogP contribution in [0.2, 0.25) is 0 Å². The number of nitrogens with zero attached hydrogens (tertiary/aromatic N) is 3. The molecule has 134 valence electrons. The maximum atomic E-state index is 11.5. The van der Waals surface area contributed by atoms with Crippen LogP contribution in [0.1, 0.15) is 0 Å². The van der Waals surface area contributed by atoms with E-state index < -0.39 is 9.84 Å². The summed E-state index contributed by atoms with van der Waals surface area (Å²) in [6, 6.07) is 10.4. The van der Waals surface area contributed by atoms with Gasteiger partial charge in [-0.15, -0.1) is 0 Å². The lowest BCUT2D eigenvalue weighted by Crippen LogP contribution is -2.20. The highest BCUT2D eigenvalue weighted by Gasteiger charge is 2.55. The first-order chi connectivity index (χ1) is 12.5. The Kier molecular flexibility index (Phi) is 4.08. The van der Waals surface area contributed by atoms with E-state index >= 15 is 0 Å². The van der Waals surface area contributed by atoms with Gasteiger partial charge in [-0.2, -0.15) is 5.26 Å². The van der Waals surface area contributed by atoms with E-state index in [1.54, 1.807) is 30.5 Å². The maximum Gasteiger partial charge on any atom is 0.179 e. The molecule has 4 rings (SSSR count). The summed E-state index contributed by atoms with van der Waals surface area (Å²) < 4.78 is 28.9. The molecule has 1 aromatic heterocycles. The van der Waals surface area contributed by atoms with Crippen LogP contribution in [0.15, 0.2) is 47.5 Å². The second-order valence-electron chi connectivity index (χ2n) is 6.98. The highest BCUT2D eigenvalue weighted by molar-refractivity contribution is 7.90. The molecule has 0 spiro atoms. The summed E-state index contributed by atoms with van der Waals surface area (Å²) in [7, 11) is -3.19. The fourth-order valence-electron chi connectivity index (χ4n) is 3.68. The van der Waals surface area contributed by atoms with Gasteiger partial charge in [0.25, 0.3) is 0 Å². The van der Waals surface area contributed by atoms with Gasteiger partial charge < -0.3 is 9.64 Å². The van der Waals surface area contributed by atoms with E-state index in [4.69, 9.17) is 10.00 Å². The smallest absolute Gasteiger partial charge is 0.179 e. The van der Waals surface area contributed by atoms with Crippen LogP contribution in [0.25, 0.3) is 11.3 Å². The minimum absolute atomic E-state index is 0.297. The molecule has 7 heteroatoms. The van der Waals surface area contributed by atoms with E-state index in [0.29, 0.717) is 29.3 Å². The second-order valence-corrected chi connectivity index (χ2v) is 9.00. The Morgan fingerprint density at radius 1 is 1.19 bits per heavy atom. The van der Waals surface area contributed by atoms with E-state index in [1.807, 2.05) is 17.0 Å². The topological polar surface area (TPSA) is 83.3 Å². The van der Waals surface area contributed by atoms with Gasteiger partial charge in [0.2, 0.25) is 0 Å². The number of hydrogen-bond acceptors (Lipinski definition) is 6. The number of rotatable bonds is 5. The first kappa shape index (κ1) is 16.9. The lowest BCUT2D eigenvalue weighted by Gasteiger charge is -2.12. The summed E-state index contributed by atoms with van der Waals surface area (Å²) in [4.78, 5) is 6.52. The number of nitriles is 1. The van der Waals surface area contributed by atoms with Gasteiger partial charge in [0.1, 0.15) is 5.75 Å². The molecule has 1 aromatic carbocycles. The van der Waals surface area contributed by atoms with Gasteiger partial charge in [-0.1, -0.05) is 12.1 Å². The fraction of sp³-hybridized carbons (Fsp3) is 0.368. The second kappa shape index (κ2) is 6.29. The van der Waals surface area contributed by atoms with E-state index in [-0.39, 0.29) is 0 Å². The SMILES string of the molecule is CS(=O)(=O)c1ccc(-c2ccc(OCC3C4CN(C#N)CC34)cn2)cc1. The van der Waals surface area contributed by atoms with E-state index in [1.165, 1.54) is 6.26 Å². The predicted molar refractivity (Wildman–Crippen MR) is 95.9 cm³/mol. The van der Waals surface area contributed by atoms with Crippen molar-refractivity contribution in [2.75, 3.05) is 26.0 Å². The molecule has 26 heavy (non-hydrogen) atoms. The third-order valence-corrected chi connectivity index (χ3v) is 6.40. The first-order valence-electron chi connectivity index (χ1n) is 8.50. The molecule has 2 heterocycles. The highest BCUT2D eigenvalue weighted by atomic mass is 32.2. The number of hydrogen-bond donors (Lipinski definition) is 0. The number of piperidine rings is 1. The number of ether oxygens (including phenoxy) is 1. The lowest BCUT2D eigenvalue weighted by atomic mass is 10.1. The Bertz CT molecular complexity index is 937. The van der Waals surface area contributed by atoms with Crippen molar-refractivity contribution in [3.8, 4) is 23.2 Å². The minimum atomic E-state index is -3.19. The van der Waals surface area contributed by atoms with Crippen molar-refractivity contribution in [1.82, 2.24) is 9.88 Å². The standard InChI is InChI=1S/C19H19N3O3S/c1-26(23,24)15-5-2-13(3-6-15)19-7-4-14(8-21-19)25-11-18-16-9-22(12-20)10-17(16)18/h2-8,16-18H,9-11H2,1H3. The number of aromatic nitrogens is 1. The third-order valence-electron chi connectivity index (χ3n) is 5.27. The first-order valence-corrected chi connectivity index (χ1v) is 10.4. The van der Waals surface area contributed by atoms with E-state index in [2.05, 4.69) is 11.2 Å². The van der Waals surface area contributed by atoms with Gasteiger partial charge in [-0.3, -0.25) is 4.98 Å². The molecular weight excluding hydrogens is 350 g/mol. The lowest BCUT2D eigenvalue weighted by molar-refractivity contribution is 0.262. The van der Waals surface area contributed by atoms with Crippen LogP contribution < -0.4 is 4.74 Å². The van der Waals surface area contributed by atoms with Gasteiger partial charge in [-0.05, 0) is 36.1 Å². The van der Waals surface area contributed by atoms with Crippen molar-refractivity contribution in [1.29, 1.82) is 5.26 Å². The van der Waals surface area contributed by atoms with Crippen LogP contribution in [0.4, 0.5) is 0 Å². The molecule has 1 aliphatic carbocycles. The summed E-state index contributed by atoms with van der Waals surface area (Å²) >= 11 is 0. The highest BCUT2D eigenvalue weighted by Crippen LogP contribution is 2.51. The molecule has 0 bridgehead atoms. The number of pyridine rings is 1. The number of benzene rings is 1. The van der Waals surface area contributed by atoms with Gasteiger partial charge in [-0.25, -0.2) is 8.42 Å². The van der Waals surface area contributed by atoms with Crippen LogP contribution in [0.3, 0.4) is 0 Å². The Morgan fingerprint density at radius 3 is 2.42 bits per heavy atom. The van der Waals surface area contributed by atoms with Gasteiger partial charge >= 0.3 is 0 Å². The molecule has 0 radical (unpaired) electrons. The Hall–Kier alpha value is -2.59. The van der Waals surface area contributed by atoms with Crippen molar-refractivity contribution in [3.05, 3.63) is 42.6 Å².